The van der Waals surface area contributed by atoms with Crippen LogP contribution in [0.1, 0.15) is 32.6 Å². The van der Waals surface area contributed by atoms with E-state index in [2.05, 4.69) is 17.1 Å². The molecule has 0 aliphatic carbocycles. The topological polar surface area (TPSA) is 55.8 Å². The predicted molar refractivity (Wildman–Crippen MR) is 75.5 cm³/mol. The smallest absolute Gasteiger partial charge is 0.379 e. The Labute approximate surface area is 128 Å². The summed E-state index contributed by atoms with van der Waals surface area (Å²) in [6.45, 7) is 3.62. The van der Waals surface area contributed by atoms with Gasteiger partial charge in [0.1, 0.15) is 0 Å². The number of urea groups is 1. The van der Waals surface area contributed by atoms with Gasteiger partial charge in [-0.3, -0.25) is 4.90 Å². The minimum atomic E-state index is -4.70. The zero-order chi connectivity index (χ0) is 16.4. The van der Waals surface area contributed by atoms with Gasteiger partial charge in [0.25, 0.3) is 0 Å². The first-order chi connectivity index (χ1) is 10.3. The lowest BCUT2D eigenvalue weighted by Crippen LogP contribution is -2.51. The average Bonchev–Trinajstić information content (AvgIpc) is 2.88. The molecule has 2 aliphatic heterocycles. The number of rotatable bonds is 3. The van der Waals surface area contributed by atoms with Gasteiger partial charge < -0.3 is 15.3 Å². The van der Waals surface area contributed by atoms with Crippen LogP contribution in [0.25, 0.3) is 0 Å². The van der Waals surface area contributed by atoms with Crippen molar-refractivity contribution in [1.29, 1.82) is 0 Å². The van der Waals surface area contributed by atoms with Crippen LogP contribution in [0.2, 0.25) is 0 Å². The summed E-state index contributed by atoms with van der Waals surface area (Å²) in [5.74, 6) is 0. The molecule has 0 radical (unpaired) electrons. The van der Waals surface area contributed by atoms with Crippen LogP contribution in [-0.2, 0) is 0 Å². The summed E-state index contributed by atoms with van der Waals surface area (Å²) in [5, 5.41) is 12.3. The van der Waals surface area contributed by atoms with Crippen LogP contribution < -0.4 is 5.32 Å². The summed E-state index contributed by atoms with van der Waals surface area (Å²) in [4.78, 5) is 15.3. The van der Waals surface area contributed by atoms with Gasteiger partial charge in [0.2, 0.25) is 0 Å². The number of halogens is 3. The Morgan fingerprint density at radius 2 is 2.09 bits per heavy atom. The predicted octanol–water partition coefficient (Wildman–Crippen LogP) is 1.57. The number of likely N-dealkylation sites (tertiary alicyclic amines) is 2. The number of nitrogens with one attached hydrogen (secondary N) is 1. The SMILES string of the molecule is CCN1CCCC[C@H]1CNC(=O)N1CC[C@](O)(C(F)(F)F)C1. The van der Waals surface area contributed by atoms with Gasteiger partial charge in [-0.1, -0.05) is 13.3 Å². The number of β-amino-alcohol motifs (C(OH)–C–C–N with tert-alkyl or cyclic N) is 1. The van der Waals surface area contributed by atoms with Gasteiger partial charge in [0, 0.05) is 25.6 Å². The third-order valence-electron chi connectivity index (χ3n) is 4.71. The van der Waals surface area contributed by atoms with E-state index < -0.39 is 30.8 Å². The summed E-state index contributed by atoms with van der Waals surface area (Å²) in [6.07, 6.45) is -1.93. The highest BCUT2D eigenvalue weighted by Gasteiger charge is 2.57. The maximum Gasteiger partial charge on any atom is 0.419 e. The summed E-state index contributed by atoms with van der Waals surface area (Å²) < 4.78 is 38.2. The van der Waals surface area contributed by atoms with E-state index >= 15 is 0 Å². The fraction of sp³-hybridized carbons (Fsp3) is 0.929. The van der Waals surface area contributed by atoms with Crippen molar-refractivity contribution in [2.75, 3.05) is 32.7 Å². The Kier molecular flexibility index (Phi) is 5.21. The minimum Gasteiger partial charge on any atom is -0.379 e. The Balaban J connectivity index is 1.83. The molecule has 0 saturated carbocycles. The number of piperidine rings is 1. The van der Waals surface area contributed by atoms with E-state index in [1.54, 1.807) is 0 Å². The number of nitrogens with zero attached hydrogens (tertiary/aromatic N) is 2. The standard InChI is InChI=1S/C14H24F3N3O2/c1-2-19-7-4-3-5-11(19)9-18-12(21)20-8-6-13(22,10-20)14(15,16)17/h11,22H,2-10H2,1H3,(H,18,21)/t11-,13+/m0/s1. The molecular formula is C14H24F3N3O2. The molecule has 2 amide bonds. The average molecular weight is 323 g/mol. The molecule has 2 saturated heterocycles. The van der Waals surface area contributed by atoms with Gasteiger partial charge in [-0.05, 0) is 25.9 Å². The Hall–Kier alpha value is -1.02. The monoisotopic (exact) mass is 323 g/mol. The highest BCUT2D eigenvalue weighted by Crippen LogP contribution is 2.37. The molecule has 128 valence electrons. The second kappa shape index (κ2) is 6.62. The van der Waals surface area contributed by atoms with E-state index in [1.807, 2.05) is 0 Å². The Morgan fingerprint density at radius 1 is 1.36 bits per heavy atom. The number of amides is 2. The van der Waals surface area contributed by atoms with E-state index in [0.717, 1.165) is 37.3 Å². The summed E-state index contributed by atoms with van der Waals surface area (Å²) in [7, 11) is 0. The first-order valence-electron chi connectivity index (χ1n) is 7.83. The molecule has 0 aromatic rings. The van der Waals surface area contributed by atoms with E-state index in [9.17, 15) is 23.1 Å². The highest BCUT2D eigenvalue weighted by molar-refractivity contribution is 5.74. The third kappa shape index (κ3) is 3.65. The van der Waals surface area contributed by atoms with Crippen LogP contribution in [0.5, 0.6) is 0 Å². The summed E-state index contributed by atoms with van der Waals surface area (Å²) in [5.41, 5.74) is -2.77. The molecule has 0 spiro atoms. The van der Waals surface area contributed by atoms with Gasteiger partial charge in [-0.25, -0.2) is 4.79 Å². The van der Waals surface area contributed by atoms with Crippen LogP contribution in [0.3, 0.4) is 0 Å². The maximum absolute atomic E-state index is 12.7. The van der Waals surface area contributed by atoms with E-state index in [4.69, 9.17) is 0 Å². The van der Waals surface area contributed by atoms with Crippen LogP contribution in [0.4, 0.5) is 18.0 Å². The number of carbonyl (C=O) groups is 1. The van der Waals surface area contributed by atoms with Crippen molar-refractivity contribution in [2.45, 2.75) is 50.4 Å². The van der Waals surface area contributed by atoms with Crippen molar-refractivity contribution in [3.63, 3.8) is 0 Å². The number of hydrogen-bond acceptors (Lipinski definition) is 3. The maximum atomic E-state index is 12.7. The van der Waals surface area contributed by atoms with Crippen molar-refractivity contribution >= 4 is 6.03 Å². The first-order valence-corrected chi connectivity index (χ1v) is 7.83. The number of alkyl halides is 3. The number of likely N-dealkylation sites (N-methyl/N-ethyl adjacent to an activating group) is 1. The molecule has 5 nitrogen and oxygen atoms in total. The number of hydrogen-bond donors (Lipinski definition) is 2. The van der Waals surface area contributed by atoms with Gasteiger partial charge in [0.15, 0.2) is 5.60 Å². The van der Waals surface area contributed by atoms with Crippen LogP contribution in [0, 0.1) is 0 Å². The zero-order valence-corrected chi connectivity index (χ0v) is 12.8. The number of aliphatic hydroxyl groups is 1. The summed E-state index contributed by atoms with van der Waals surface area (Å²) >= 11 is 0. The van der Waals surface area contributed by atoms with Crippen molar-refractivity contribution in [2.24, 2.45) is 0 Å². The fourth-order valence-electron chi connectivity index (χ4n) is 3.22. The van der Waals surface area contributed by atoms with Crippen molar-refractivity contribution in [3.8, 4) is 0 Å². The van der Waals surface area contributed by atoms with Gasteiger partial charge in [-0.2, -0.15) is 13.2 Å². The second-order valence-corrected chi connectivity index (χ2v) is 6.17. The van der Waals surface area contributed by atoms with Crippen molar-refractivity contribution in [1.82, 2.24) is 15.1 Å². The summed E-state index contributed by atoms with van der Waals surface area (Å²) in [6, 6.07) is -0.284. The second-order valence-electron chi connectivity index (χ2n) is 6.17. The Bertz CT molecular complexity index is 405. The molecule has 0 aromatic carbocycles. The molecule has 8 heteroatoms. The third-order valence-corrected chi connectivity index (χ3v) is 4.71. The first kappa shape index (κ1) is 17.3. The van der Waals surface area contributed by atoms with Crippen molar-refractivity contribution in [3.05, 3.63) is 0 Å². The van der Waals surface area contributed by atoms with Gasteiger partial charge in [-0.15, -0.1) is 0 Å². The normalized spacial score (nSPS) is 30.6. The van der Waals surface area contributed by atoms with Crippen LogP contribution >= 0.6 is 0 Å². The lowest BCUT2D eigenvalue weighted by atomic mass is 10.0. The molecule has 0 aromatic heterocycles. The molecule has 2 heterocycles. The van der Waals surface area contributed by atoms with Gasteiger partial charge >= 0.3 is 12.2 Å². The molecule has 2 aliphatic rings. The largest absolute Gasteiger partial charge is 0.419 e. The lowest BCUT2D eigenvalue weighted by molar-refractivity contribution is -0.253. The fourth-order valence-corrected chi connectivity index (χ4v) is 3.22. The molecule has 2 N–H and O–H groups in total. The van der Waals surface area contributed by atoms with Crippen LogP contribution in [0.15, 0.2) is 0 Å². The molecule has 0 unspecified atom stereocenters. The quantitative estimate of drug-likeness (QED) is 0.829. The van der Waals surface area contributed by atoms with E-state index in [-0.39, 0.29) is 12.6 Å². The van der Waals surface area contributed by atoms with Gasteiger partial charge in [0.05, 0.1) is 6.54 Å². The molecule has 2 atom stereocenters. The number of carbonyl (C=O) groups excluding carboxylic acids is 1. The van der Waals surface area contributed by atoms with Crippen LogP contribution in [-0.4, -0.2) is 71.5 Å². The molecule has 2 fully saturated rings. The Morgan fingerprint density at radius 3 is 2.68 bits per heavy atom. The van der Waals surface area contributed by atoms with E-state index in [0.29, 0.717) is 6.54 Å². The zero-order valence-electron chi connectivity index (χ0n) is 12.8. The highest BCUT2D eigenvalue weighted by atomic mass is 19.4. The molecule has 22 heavy (non-hydrogen) atoms. The molecule has 0 bridgehead atoms. The van der Waals surface area contributed by atoms with Crippen molar-refractivity contribution < 1.29 is 23.1 Å². The lowest BCUT2D eigenvalue weighted by Gasteiger charge is -2.35. The molecule has 2 rings (SSSR count). The molecular weight excluding hydrogens is 299 g/mol. The minimum absolute atomic E-state index is 0.0794. The van der Waals surface area contributed by atoms with E-state index in [1.165, 1.54) is 0 Å².